The Morgan fingerprint density at radius 3 is 2.43 bits per heavy atom. The zero-order valence-corrected chi connectivity index (χ0v) is 13.7. The van der Waals surface area contributed by atoms with Crippen LogP contribution in [0.25, 0.3) is 0 Å². The van der Waals surface area contributed by atoms with Gasteiger partial charge >= 0.3 is 0 Å². The molecule has 0 bridgehead atoms. The molecule has 0 saturated carbocycles. The molecule has 0 aliphatic heterocycles. The molecule has 0 aromatic heterocycles. The van der Waals surface area contributed by atoms with Gasteiger partial charge in [0.25, 0.3) is 0 Å². The first-order chi connectivity index (χ1) is 9.82. The quantitative estimate of drug-likeness (QED) is 0.750. The van der Waals surface area contributed by atoms with Gasteiger partial charge in [-0.2, -0.15) is 0 Å². The minimum absolute atomic E-state index is 0.171. The van der Waals surface area contributed by atoms with E-state index in [1.807, 2.05) is 18.2 Å². The number of carbonyl (C=O) groups excluding carboxylic acids is 1. The second kappa shape index (κ2) is 7.26. The molecule has 0 spiro atoms. The first kappa shape index (κ1) is 17.2. The van der Waals surface area contributed by atoms with Crippen molar-refractivity contribution in [1.29, 1.82) is 0 Å². The second-order valence-electron chi connectivity index (χ2n) is 5.18. The van der Waals surface area contributed by atoms with Gasteiger partial charge in [-0.05, 0) is 38.0 Å². The maximum atomic E-state index is 12.0. The van der Waals surface area contributed by atoms with E-state index in [0.29, 0.717) is 24.5 Å². The molecule has 5 nitrogen and oxygen atoms in total. The van der Waals surface area contributed by atoms with Crippen molar-refractivity contribution in [3.63, 3.8) is 0 Å². The van der Waals surface area contributed by atoms with Gasteiger partial charge in [-0.3, -0.25) is 4.79 Å². The molecule has 0 fully saturated rings. The van der Waals surface area contributed by atoms with Gasteiger partial charge in [-0.15, -0.1) is 0 Å². The first-order valence-electron chi connectivity index (χ1n) is 6.62. The van der Waals surface area contributed by atoms with Gasteiger partial charge in [0.2, 0.25) is 5.91 Å². The number of hydrogen-bond acceptors (Lipinski definition) is 4. The van der Waals surface area contributed by atoms with Crippen molar-refractivity contribution < 1.29 is 14.3 Å². The summed E-state index contributed by atoms with van der Waals surface area (Å²) < 4.78 is 10.4. The smallest absolute Gasteiger partial charge is 0.232 e. The Morgan fingerprint density at radius 2 is 1.90 bits per heavy atom. The summed E-state index contributed by atoms with van der Waals surface area (Å²) in [5.74, 6) is 1.18. The maximum Gasteiger partial charge on any atom is 0.232 e. The lowest BCUT2D eigenvalue weighted by Crippen LogP contribution is -2.45. The van der Waals surface area contributed by atoms with Gasteiger partial charge in [-0.1, -0.05) is 18.3 Å². The molecular formula is C15H22N2O3S. The number of hydrogen-bond donors (Lipinski definition) is 2. The minimum atomic E-state index is -0.840. The summed E-state index contributed by atoms with van der Waals surface area (Å²) in [6.45, 7) is 3.92. The molecule has 0 aliphatic rings. The van der Waals surface area contributed by atoms with Crippen molar-refractivity contribution in [2.45, 2.75) is 20.3 Å². The van der Waals surface area contributed by atoms with Crippen LogP contribution >= 0.6 is 12.2 Å². The molecule has 0 radical (unpaired) electrons. The van der Waals surface area contributed by atoms with Crippen LogP contribution in [0, 0.1) is 5.41 Å². The number of rotatable bonds is 7. The fourth-order valence-corrected chi connectivity index (χ4v) is 1.78. The highest BCUT2D eigenvalue weighted by molar-refractivity contribution is 7.80. The van der Waals surface area contributed by atoms with Crippen LogP contribution in [0.2, 0.25) is 0 Å². The number of methoxy groups -OCH3 is 2. The SMILES string of the molecule is COc1ccc(CCNC(=O)C(C)(C)C(N)=S)cc1OC. The summed E-state index contributed by atoms with van der Waals surface area (Å²) in [7, 11) is 3.18. The van der Waals surface area contributed by atoms with E-state index in [9.17, 15) is 4.79 Å². The lowest BCUT2D eigenvalue weighted by Gasteiger charge is -2.21. The largest absolute Gasteiger partial charge is 0.493 e. The van der Waals surface area contributed by atoms with Gasteiger partial charge in [0.15, 0.2) is 11.5 Å². The molecule has 6 heteroatoms. The van der Waals surface area contributed by atoms with Crippen LogP contribution < -0.4 is 20.5 Å². The predicted octanol–water partition coefficient (Wildman–Crippen LogP) is 1.67. The average Bonchev–Trinajstić information content (AvgIpc) is 2.46. The number of amides is 1. The minimum Gasteiger partial charge on any atom is -0.493 e. The van der Waals surface area contributed by atoms with E-state index in [4.69, 9.17) is 27.4 Å². The third-order valence-electron chi connectivity index (χ3n) is 3.33. The van der Waals surface area contributed by atoms with Crippen LogP contribution in [-0.2, 0) is 11.2 Å². The van der Waals surface area contributed by atoms with Gasteiger partial charge in [-0.25, -0.2) is 0 Å². The molecule has 1 aromatic rings. The van der Waals surface area contributed by atoms with Crippen molar-refractivity contribution in [2.75, 3.05) is 20.8 Å². The summed E-state index contributed by atoms with van der Waals surface area (Å²) in [5.41, 5.74) is 5.77. The molecule has 116 valence electrons. The third-order valence-corrected chi connectivity index (χ3v) is 3.84. The van der Waals surface area contributed by atoms with Crippen molar-refractivity contribution >= 4 is 23.1 Å². The summed E-state index contributed by atoms with van der Waals surface area (Å²) in [5, 5.41) is 2.84. The van der Waals surface area contributed by atoms with Crippen LogP contribution in [-0.4, -0.2) is 31.7 Å². The number of nitrogens with two attached hydrogens (primary N) is 1. The Bertz CT molecular complexity index is 530. The molecule has 1 aromatic carbocycles. The van der Waals surface area contributed by atoms with Crippen LogP contribution in [0.1, 0.15) is 19.4 Å². The second-order valence-corrected chi connectivity index (χ2v) is 5.62. The van der Waals surface area contributed by atoms with Crippen LogP contribution in [0.3, 0.4) is 0 Å². The van der Waals surface area contributed by atoms with Crippen LogP contribution in [0.15, 0.2) is 18.2 Å². The first-order valence-corrected chi connectivity index (χ1v) is 7.03. The van der Waals surface area contributed by atoms with Gasteiger partial charge in [0.05, 0.1) is 24.6 Å². The highest BCUT2D eigenvalue weighted by Crippen LogP contribution is 2.27. The van der Waals surface area contributed by atoms with Crippen molar-refractivity contribution in [1.82, 2.24) is 5.32 Å². The number of benzene rings is 1. The Hall–Kier alpha value is -1.82. The van der Waals surface area contributed by atoms with Crippen molar-refractivity contribution in [3.05, 3.63) is 23.8 Å². The zero-order valence-electron chi connectivity index (χ0n) is 12.9. The van der Waals surface area contributed by atoms with Gasteiger partial charge < -0.3 is 20.5 Å². The van der Waals surface area contributed by atoms with E-state index in [-0.39, 0.29) is 10.9 Å². The monoisotopic (exact) mass is 310 g/mol. The molecule has 3 N–H and O–H groups in total. The third kappa shape index (κ3) is 4.32. The van der Waals surface area contributed by atoms with Crippen LogP contribution in [0.4, 0.5) is 0 Å². The Balaban J connectivity index is 2.61. The highest BCUT2D eigenvalue weighted by atomic mass is 32.1. The number of thiocarbonyl (C=S) groups is 1. The topological polar surface area (TPSA) is 73.6 Å². The van der Waals surface area contributed by atoms with Crippen molar-refractivity contribution in [2.24, 2.45) is 11.1 Å². The summed E-state index contributed by atoms with van der Waals surface area (Å²) in [6.07, 6.45) is 0.680. The molecule has 0 aliphatic carbocycles. The number of ether oxygens (including phenoxy) is 2. The molecule has 0 unspecified atom stereocenters. The number of nitrogens with one attached hydrogen (secondary N) is 1. The van der Waals surface area contributed by atoms with E-state index >= 15 is 0 Å². The van der Waals surface area contributed by atoms with Gasteiger partial charge in [0.1, 0.15) is 0 Å². The summed E-state index contributed by atoms with van der Waals surface area (Å²) in [4.78, 5) is 12.2. The number of carbonyl (C=O) groups is 1. The average molecular weight is 310 g/mol. The van der Waals surface area contributed by atoms with Gasteiger partial charge in [0, 0.05) is 6.54 Å². The van der Waals surface area contributed by atoms with E-state index in [0.717, 1.165) is 5.56 Å². The standard InChI is InChI=1S/C15H22N2O3S/c1-15(2,13(16)21)14(18)17-8-7-10-5-6-11(19-3)12(9-10)20-4/h5-6,9H,7-8H2,1-4H3,(H2,16,21)(H,17,18). The summed E-state index contributed by atoms with van der Waals surface area (Å²) in [6, 6.07) is 5.67. The molecule has 1 rings (SSSR count). The van der Waals surface area contributed by atoms with E-state index in [1.165, 1.54) is 0 Å². The fraction of sp³-hybridized carbons (Fsp3) is 0.467. The molecule has 21 heavy (non-hydrogen) atoms. The predicted molar refractivity (Wildman–Crippen MR) is 86.8 cm³/mol. The molecule has 0 heterocycles. The molecule has 1 amide bonds. The normalized spacial score (nSPS) is 10.9. The van der Waals surface area contributed by atoms with Crippen LogP contribution in [0.5, 0.6) is 11.5 Å². The molecule has 0 atom stereocenters. The van der Waals surface area contributed by atoms with E-state index in [2.05, 4.69) is 5.32 Å². The van der Waals surface area contributed by atoms with E-state index < -0.39 is 5.41 Å². The Labute approximate surface area is 130 Å². The molecule has 0 saturated heterocycles. The Morgan fingerprint density at radius 1 is 1.29 bits per heavy atom. The Kier molecular flexibility index (Phi) is 5.96. The van der Waals surface area contributed by atoms with E-state index in [1.54, 1.807) is 28.1 Å². The highest BCUT2D eigenvalue weighted by Gasteiger charge is 2.30. The summed E-state index contributed by atoms with van der Waals surface area (Å²) >= 11 is 4.90. The maximum absolute atomic E-state index is 12.0. The molecular weight excluding hydrogens is 288 g/mol. The lowest BCUT2D eigenvalue weighted by atomic mass is 9.92. The lowest BCUT2D eigenvalue weighted by molar-refractivity contribution is -0.126. The zero-order chi connectivity index (χ0) is 16.0. The fourth-order valence-electron chi connectivity index (χ4n) is 1.69. The van der Waals surface area contributed by atoms with Crippen molar-refractivity contribution in [3.8, 4) is 11.5 Å².